The maximum atomic E-state index is 11.6. The Morgan fingerprint density at radius 2 is 2.00 bits per heavy atom. The Bertz CT molecular complexity index is 569. The van der Waals surface area contributed by atoms with Crippen LogP contribution in [0, 0.1) is 0 Å². The van der Waals surface area contributed by atoms with E-state index in [1.54, 1.807) is 12.3 Å². The van der Waals surface area contributed by atoms with E-state index in [1.807, 2.05) is 36.4 Å². The second-order valence-corrected chi connectivity index (χ2v) is 4.07. The van der Waals surface area contributed by atoms with E-state index in [2.05, 4.69) is 10.3 Å². The lowest BCUT2D eigenvalue weighted by atomic mass is 10.1. The Morgan fingerprint density at radius 1 is 1.17 bits per heavy atom. The predicted molar refractivity (Wildman–Crippen MR) is 65.7 cm³/mol. The largest absolute Gasteiger partial charge is 0.439 e. The first-order chi connectivity index (χ1) is 8.84. The van der Waals surface area contributed by atoms with Gasteiger partial charge in [0.15, 0.2) is 6.23 Å². The summed E-state index contributed by atoms with van der Waals surface area (Å²) in [5.41, 5.74) is 2.44. The molecule has 0 fully saturated rings. The standard InChI is InChI=1S/C14H12N2O2/c17-14-12-7-2-1-6-11(12)13(18-14)16-9-10-5-3-4-8-15-10/h1-8,13,16H,9H2. The van der Waals surface area contributed by atoms with Gasteiger partial charge in [-0.3, -0.25) is 10.3 Å². The average molecular weight is 240 g/mol. The highest BCUT2D eigenvalue weighted by molar-refractivity contribution is 5.93. The number of rotatable bonds is 3. The van der Waals surface area contributed by atoms with E-state index in [-0.39, 0.29) is 12.2 Å². The zero-order chi connectivity index (χ0) is 12.4. The molecule has 0 radical (unpaired) electrons. The van der Waals surface area contributed by atoms with Crippen molar-refractivity contribution in [2.24, 2.45) is 0 Å². The van der Waals surface area contributed by atoms with Crippen LogP contribution in [0.5, 0.6) is 0 Å². The molecule has 1 unspecified atom stereocenters. The van der Waals surface area contributed by atoms with E-state index in [0.29, 0.717) is 12.1 Å². The Labute approximate surface area is 105 Å². The Morgan fingerprint density at radius 3 is 2.83 bits per heavy atom. The number of ether oxygens (including phenoxy) is 1. The number of esters is 1. The first kappa shape index (κ1) is 10.9. The maximum absolute atomic E-state index is 11.6. The van der Waals surface area contributed by atoms with E-state index in [9.17, 15) is 4.79 Å². The van der Waals surface area contributed by atoms with Gasteiger partial charge in [0.2, 0.25) is 0 Å². The van der Waals surface area contributed by atoms with Crippen LogP contribution in [0.25, 0.3) is 0 Å². The van der Waals surface area contributed by atoms with Crippen molar-refractivity contribution in [1.82, 2.24) is 10.3 Å². The van der Waals surface area contributed by atoms with Crippen LogP contribution < -0.4 is 5.32 Å². The topological polar surface area (TPSA) is 51.2 Å². The molecule has 4 heteroatoms. The van der Waals surface area contributed by atoms with E-state index in [4.69, 9.17) is 4.74 Å². The molecular formula is C14H12N2O2. The van der Waals surface area contributed by atoms with Crippen molar-refractivity contribution in [2.75, 3.05) is 0 Å². The van der Waals surface area contributed by atoms with Gasteiger partial charge in [0.25, 0.3) is 0 Å². The van der Waals surface area contributed by atoms with Gasteiger partial charge in [0.1, 0.15) is 0 Å². The molecule has 2 heterocycles. The molecule has 0 bridgehead atoms. The molecule has 4 nitrogen and oxygen atoms in total. The summed E-state index contributed by atoms with van der Waals surface area (Å²) >= 11 is 0. The molecule has 1 aliphatic heterocycles. The number of nitrogens with one attached hydrogen (secondary N) is 1. The summed E-state index contributed by atoms with van der Waals surface area (Å²) in [6, 6.07) is 13.1. The lowest BCUT2D eigenvalue weighted by Gasteiger charge is -2.12. The molecule has 2 aromatic rings. The molecule has 0 aliphatic carbocycles. The van der Waals surface area contributed by atoms with Crippen LogP contribution in [0.15, 0.2) is 48.7 Å². The third-order valence-corrected chi connectivity index (χ3v) is 2.88. The number of cyclic esters (lactones) is 1. The van der Waals surface area contributed by atoms with E-state index in [1.165, 1.54) is 0 Å². The van der Waals surface area contributed by atoms with Crippen molar-refractivity contribution in [1.29, 1.82) is 0 Å². The van der Waals surface area contributed by atoms with Crippen LogP contribution in [0.2, 0.25) is 0 Å². The second kappa shape index (κ2) is 4.58. The quantitative estimate of drug-likeness (QED) is 0.834. The summed E-state index contributed by atoms with van der Waals surface area (Å²) in [6.45, 7) is 0.563. The van der Waals surface area contributed by atoms with Gasteiger partial charge in [-0.2, -0.15) is 0 Å². The summed E-state index contributed by atoms with van der Waals surface area (Å²) < 4.78 is 5.28. The Kier molecular flexibility index (Phi) is 2.78. The smallest absolute Gasteiger partial charge is 0.340 e. The summed E-state index contributed by atoms with van der Waals surface area (Å²) in [5.74, 6) is -0.274. The molecule has 3 rings (SSSR count). The minimum absolute atomic E-state index is 0.274. The van der Waals surface area contributed by atoms with Crippen molar-refractivity contribution < 1.29 is 9.53 Å². The van der Waals surface area contributed by atoms with Gasteiger partial charge in [-0.15, -0.1) is 0 Å². The molecule has 90 valence electrons. The van der Waals surface area contributed by atoms with E-state index >= 15 is 0 Å². The minimum atomic E-state index is -0.379. The molecule has 0 amide bonds. The number of carbonyl (C=O) groups is 1. The molecule has 0 saturated carbocycles. The number of hydrogen-bond acceptors (Lipinski definition) is 4. The summed E-state index contributed by atoms with van der Waals surface area (Å²) in [4.78, 5) is 15.8. The molecule has 1 atom stereocenters. The normalized spacial score (nSPS) is 17.3. The highest BCUT2D eigenvalue weighted by Crippen LogP contribution is 2.28. The number of benzene rings is 1. The number of hydrogen-bond donors (Lipinski definition) is 1. The van der Waals surface area contributed by atoms with Crippen molar-refractivity contribution in [3.8, 4) is 0 Å². The van der Waals surface area contributed by atoms with Crippen molar-refractivity contribution in [3.05, 3.63) is 65.5 Å². The molecule has 1 aromatic carbocycles. The van der Waals surface area contributed by atoms with Crippen LogP contribution in [0.4, 0.5) is 0 Å². The average Bonchev–Trinajstić information content (AvgIpc) is 2.75. The molecule has 1 N–H and O–H groups in total. The van der Waals surface area contributed by atoms with Crippen LogP contribution in [-0.4, -0.2) is 11.0 Å². The lowest BCUT2D eigenvalue weighted by molar-refractivity contribution is 0.0303. The van der Waals surface area contributed by atoms with Crippen molar-refractivity contribution in [2.45, 2.75) is 12.8 Å². The van der Waals surface area contributed by atoms with Gasteiger partial charge in [0, 0.05) is 18.3 Å². The van der Waals surface area contributed by atoms with Crippen LogP contribution >= 0.6 is 0 Å². The first-order valence-corrected chi connectivity index (χ1v) is 5.78. The number of aromatic nitrogens is 1. The van der Waals surface area contributed by atoms with Gasteiger partial charge in [-0.25, -0.2) is 4.79 Å². The van der Waals surface area contributed by atoms with E-state index in [0.717, 1.165) is 11.3 Å². The monoisotopic (exact) mass is 240 g/mol. The third kappa shape index (κ3) is 1.98. The number of pyridine rings is 1. The van der Waals surface area contributed by atoms with Gasteiger partial charge in [-0.1, -0.05) is 24.3 Å². The summed E-state index contributed by atoms with van der Waals surface area (Å²) in [6.07, 6.45) is 1.36. The van der Waals surface area contributed by atoms with Gasteiger partial charge >= 0.3 is 5.97 Å². The molecule has 0 saturated heterocycles. The molecule has 18 heavy (non-hydrogen) atoms. The van der Waals surface area contributed by atoms with Gasteiger partial charge in [-0.05, 0) is 18.2 Å². The number of fused-ring (bicyclic) bond motifs is 1. The maximum Gasteiger partial charge on any atom is 0.340 e. The first-order valence-electron chi connectivity index (χ1n) is 5.78. The zero-order valence-electron chi connectivity index (χ0n) is 9.67. The lowest BCUT2D eigenvalue weighted by Crippen LogP contribution is -2.21. The zero-order valence-corrected chi connectivity index (χ0v) is 9.67. The van der Waals surface area contributed by atoms with Crippen LogP contribution in [0.1, 0.15) is 27.8 Å². The fraction of sp³-hybridized carbons (Fsp3) is 0.143. The van der Waals surface area contributed by atoms with Crippen molar-refractivity contribution in [3.63, 3.8) is 0 Å². The number of nitrogens with zero attached hydrogens (tertiary/aromatic N) is 1. The molecule has 1 aliphatic rings. The fourth-order valence-corrected chi connectivity index (χ4v) is 2.00. The Balaban J connectivity index is 1.74. The number of carbonyl (C=O) groups excluding carboxylic acids is 1. The predicted octanol–water partition coefficient (Wildman–Crippen LogP) is 2.04. The second-order valence-electron chi connectivity index (χ2n) is 4.07. The summed E-state index contributed by atoms with van der Waals surface area (Å²) in [7, 11) is 0. The molecule has 0 spiro atoms. The third-order valence-electron chi connectivity index (χ3n) is 2.88. The van der Waals surface area contributed by atoms with Crippen molar-refractivity contribution >= 4 is 5.97 Å². The SMILES string of the molecule is O=C1OC(NCc2ccccn2)c2ccccc21. The van der Waals surface area contributed by atoms with Crippen LogP contribution in [-0.2, 0) is 11.3 Å². The Hall–Kier alpha value is -2.20. The highest BCUT2D eigenvalue weighted by atomic mass is 16.6. The van der Waals surface area contributed by atoms with Gasteiger partial charge < -0.3 is 4.74 Å². The summed E-state index contributed by atoms with van der Waals surface area (Å²) in [5, 5.41) is 3.18. The molecular weight excluding hydrogens is 228 g/mol. The fourth-order valence-electron chi connectivity index (χ4n) is 2.00. The van der Waals surface area contributed by atoms with Gasteiger partial charge in [0.05, 0.1) is 11.3 Å². The van der Waals surface area contributed by atoms with Crippen LogP contribution in [0.3, 0.4) is 0 Å². The van der Waals surface area contributed by atoms with E-state index < -0.39 is 0 Å². The molecule has 1 aromatic heterocycles. The minimum Gasteiger partial charge on any atom is -0.439 e. The highest BCUT2D eigenvalue weighted by Gasteiger charge is 2.29.